The predicted octanol–water partition coefficient (Wildman–Crippen LogP) is 40.7. The zero-order valence-corrected chi connectivity index (χ0v) is 90.8. The molecule has 0 radical (unpaired) electrons. The first-order valence-electron chi connectivity index (χ1n) is 49.5. The first-order chi connectivity index (χ1) is 60.5. The van der Waals surface area contributed by atoms with E-state index in [0.29, 0.717) is 71.0 Å². The summed E-state index contributed by atoms with van der Waals surface area (Å²) >= 11 is 0. The van der Waals surface area contributed by atoms with E-state index in [-0.39, 0.29) is 16.2 Å². The molecule has 0 aromatic heterocycles. The molecular weight excluding hydrogens is 1560 g/mol. The highest BCUT2D eigenvalue weighted by Gasteiger charge is 2.28. The Morgan fingerprint density at radius 3 is 0.854 bits per heavy atom. The molecular formula is C130H184. The quantitative estimate of drug-likeness (QED) is 0.102. The van der Waals surface area contributed by atoms with Crippen molar-refractivity contribution in [3.63, 3.8) is 0 Å². The van der Waals surface area contributed by atoms with E-state index in [0.717, 1.165) is 0 Å². The van der Waals surface area contributed by atoms with Gasteiger partial charge in [0.2, 0.25) is 0 Å². The average Bonchev–Trinajstić information content (AvgIpc) is 0.767. The van der Waals surface area contributed by atoms with E-state index in [9.17, 15) is 0 Å². The molecule has 12 rings (SSSR count). The second kappa shape index (κ2) is 55.2. The molecule has 0 heteroatoms. The molecule has 0 aliphatic heterocycles. The van der Waals surface area contributed by atoms with Crippen molar-refractivity contribution in [2.75, 3.05) is 0 Å². The van der Waals surface area contributed by atoms with Gasteiger partial charge in [-0.3, -0.25) is 0 Å². The van der Waals surface area contributed by atoms with Crippen molar-refractivity contribution in [1.29, 1.82) is 0 Å². The zero-order valence-electron chi connectivity index (χ0n) is 90.8. The summed E-state index contributed by atoms with van der Waals surface area (Å²) in [5, 5.41) is 0. The molecule has 0 atom stereocenters. The van der Waals surface area contributed by atoms with Gasteiger partial charge in [-0.05, 0) is 296 Å². The third-order valence-corrected chi connectivity index (χ3v) is 24.6. The molecule has 130 heavy (non-hydrogen) atoms. The van der Waals surface area contributed by atoms with Crippen molar-refractivity contribution in [3.8, 4) is 22.3 Å². The lowest BCUT2D eigenvalue weighted by Gasteiger charge is -2.32. The van der Waals surface area contributed by atoms with Crippen molar-refractivity contribution in [1.82, 2.24) is 0 Å². The lowest BCUT2D eigenvalue weighted by molar-refractivity contribution is 0.542. The third kappa shape index (κ3) is 39.6. The Morgan fingerprint density at radius 2 is 0.485 bits per heavy atom. The normalized spacial score (nSPS) is 11.3. The van der Waals surface area contributed by atoms with E-state index in [1.807, 2.05) is 12.1 Å². The maximum absolute atomic E-state index is 2.42. The lowest BCUT2D eigenvalue weighted by Crippen LogP contribution is -2.23. The van der Waals surface area contributed by atoms with Crippen LogP contribution in [-0.2, 0) is 16.2 Å². The van der Waals surface area contributed by atoms with E-state index in [2.05, 4.69) is 546 Å². The van der Waals surface area contributed by atoms with Gasteiger partial charge in [0, 0.05) is 0 Å². The Hall–Kier alpha value is -9.36. The topological polar surface area (TPSA) is 0 Å². The SMILES string of the molecule is Cc1c(C(C)(C)C)cc(C(C)(C)C)cc1C(C)(C)C.Cc1c(C(C)C)cc(C(C)C)cc1C(C)C.Cc1c(C(C)C)cccc1C(C)C.Cc1cc(C(C)C)cc(C(C)C)c1.Cc1ccc(C(C)C)cc1.Cc1ccc(C(C)C)cc1C(C)C.Cc1cccc(-c2ccccc2)c1.Cc1cccc(C(C)C)c1.Cc1ccccc1-c1ccccc1.Cc1ccccc1C(C)C. The number of hydrogen-bond donors (Lipinski definition) is 0. The molecule has 12 aromatic rings. The zero-order chi connectivity index (χ0) is 98.6. The molecule has 0 aliphatic carbocycles. The Morgan fingerprint density at radius 1 is 0.169 bits per heavy atom. The fourth-order valence-electron chi connectivity index (χ4n) is 16.3. The van der Waals surface area contributed by atoms with Gasteiger partial charge in [0.1, 0.15) is 0 Å². The maximum atomic E-state index is 2.42. The van der Waals surface area contributed by atoms with E-state index in [1.165, 1.54) is 161 Å². The second-order valence-electron chi connectivity index (χ2n) is 43.6. The highest BCUT2D eigenvalue weighted by atomic mass is 14.3. The van der Waals surface area contributed by atoms with Gasteiger partial charge in [0.05, 0.1) is 0 Å². The molecule has 0 aliphatic rings. The smallest absolute Gasteiger partial charge is 0.0129 e. The summed E-state index contributed by atoms with van der Waals surface area (Å²) in [6, 6.07) is 93.9. The van der Waals surface area contributed by atoms with Gasteiger partial charge in [0.15, 0.2) is 0 Å². The van der Waals surface area contributed by atoms with Crippen LogP contribution in [0.2, 0.25) is 0 Å². The van der Waals surface area contributed by atoms with Crippen LogP contribution in [0.5, 0.6) is 0 Å². The Kier molecular flexibility index (Phi) is 48.8. The van der Waals surface area contributed by atoms with Crippen LogP contribution < -0.4 is 0 Å². The largest absolute Gasteiger partial charge is 0.0622 e. The molecule has 0 saturated heterocycles. The van der Waals surface area contributed by atoms with Crippen LogP contribution in [0.15, 0.2) is 261 Å². The van der Waals surface area contributed by atoms with E-state index < -0.39 is 0 Å². The molecule has 0 fully saturated rings. The summed E-state index contributed by atoms with van der Waals surface area (Å²) in [6.45, 7) is 96.7. The van der Waals surface area contributed by atoms with Crippen LogP contribution in [0.1, 0.15) is 439 Å². The Bertz CT molecular complexity index is 5100. The number of hydrogen-bond acceptors (Lipinski definition) is 0. The molecule has 0 amide bonds. The summed E-state index contributed by atoms with van der Waals surface area (Å²) in [6.07, 6.45) is 0. The van der Waals surface area contributed by atoms with Gasteiger partial charge in [-0.2, -0.15) is 0 Å². The van der Waals surface area contributed by atoms with Crippen molar-refractivity contribution >= 4 is 0 Å². The van der Waals surface area contributed by atoms with Gasteiger partial charge in [-0.25, -0.2) is 0 Å². The Balaban J connectivity index is 0.000000374. The second-order valence-corrected chi connectivity index (χ2v) is 43.6. The monoisotopic (exact) mass is 1750 g/mol. The van der Waals surface area contributed by atoms with Crippen molar-refractivity contribution in [3.05, 3.63) is 400 Å². The Labute approximate surface area is 801 Å². The van der Waals surface area contributed by atoms with Crippen molar-refractivity contribution in [2.24, 2.45) is 0 Å². The minimum absolute atomic E-state index is 0.200. The van der Waals surface area contributed by atoms with Crippen LogP contribution >= 0.6 is 0 Å². The first-order valence-corrected chi connectivity index (χ1v) is 49.5. The average molecular weight is 1750 g/mol. The van der Waals surface area contributed by atoms with Gasteiger partial charge in [0.25, 0.3) is 0 Å². The number of rotatable bonds is 14. The van der Waals surface area contributed by atoms with Crippen LogP contribution in [0, 0.1) is 69.2 Å². The van der Waals surface area contributed by atoms with Crippen LogP contribution in [0.25, 0.3) is 22.3 Å². The minimum atomic E-state index is 0.200. The first kappa shape index (κ1) is 115. The van der Waals surface area contributed by atoms with Crippen LogP contribution in [0.4, 0.5) is 0 Å². The number of aryl methyl sites for hydroxylation is 7. The van der Waals surface area contributed by atoms with Crippen LogP contribution in [0.3, 0.4) is 0 Å². The summed E-state index contributed by atoms with van der Waals surface area (Å²) in [7, 11) is 0. The maximum Gasteiger partial charge on any atom is -0.0129 e. The van der Waals surface area contributed by atoms with Crippen molar-refractivity contribution < 1.29 is 0 Å². The molecule has 0 N–H and O–H groups in total. The fraction of sp³-hybridized carbons (Fsp3) is 0.446. The molecule has 0 nitrogen and oxygen atoms in total. The molecule has 704 valence electrons. The van der Waals surface area contributed by atoms with Gasteiger partial charge in [-0.15, -0.1) is 0 Å². The lowest BCUT2D eigenvalue weighted by atomic mass is 9.73. The van der Waals surface area contributed by atoms with Gasteiger partial charge in [-0.1, -0.05) is 512 Å². The van der Waals surface area contributed by atoms with Crippen LogP contribution in [-0.4, -0.2) is 0 Å². The molecule has 0 spiro atoms. The van der Waals surface area contributed by atoms with Gasteiger partial charge < -0.3 is 0 Å². The standard InChI is InChI=1S/C19H32.C16H26.2C13H12.3C13H20.3C10H14/c1-13-15(18(5,6)7)11-14(17(2,3)4)12-16(13)19(8,9)10;1-10(2)14-8-15(11(3)4)13(7)16(9-14)12(5)6;1-11-7-5-6-10-13(11)12-8-3-2-4-9-12;1-11-6-5-9-13(10-11)12-7-3-2-4-8-12;1-9(2)12-6-11(5)7-13(8-12)10(3)4;1-9(2)12-7-6-11(5)13(8-12)10(3)4;1-9(2)12-7-6-8-13(10(3)4)11(12)5;1-8(2)10-6-4-9(3)5-7-10;1-8(2)10-6-4-5-9(3)7-10;1-8(2)10-7-5-4-6-9(10)3/h11-12H,1-10H3;8-12H,1-7H3;2*2-10H,1H3;3*6-10H,1-5H3;3*4-8H,1-3H3. The fourth-order valence-corrected chi connectivity index (χ4v) is 16.3. The summed E-state index contributed by atoms with van der Waals surface area (Å²) in [5.74, 6) is 7.65. The van der Waals surface area contributed by atoms with Crippen molar-refractivity contribution in [2.45, 2.75) is 385 Å². The number of benzene rings is 12. The van der Waals surface area contributed by atoms with E-state index >= 15 is 0 Å². The van der Waals surface area contributed by atoms with E-state index in [4.69, 9.17) is 0 Å². The highest BCUT2D eigenvalue weighted by Crippen LogP contribution is 2.39. The minimum Gasteiger partial charge on any atom is -0.0622 e. The summed E-state index contributed by atoms with van der Waals surface area (Å²) < 4.78 is 0. The predicted molar refractivity (Wildman–Crippen MR) is 588 cm³/mol. The molecule has 12 aromatic carbocycles. The highest BCUT2D eigenvalue weighted by molar-refractivity contribution is 5.67. The van der Waals surface area contributed by atoms with Gasteiger partial charge >= 0.3 is 0 Å². The third-order valence-electron chi connectivity index (χ3n) is 24.6. The molecule has 0 bridgehead atoms. The summed E-state index contributed by atoms with van der Waals surface area (Å²) in [4.78, 5) is 0. The van der Waals surface area contributed by atoms with E-state index in [1.54, 1.807) is 0 Å². The summed E-state index contributed by atoms with van der Waals surface area (Å²) in [5.41, 5.74) is 41.9. The molecule has 0 unspecified atom stereocenters. The molecule has 0 saturated carbocycles. The molecule has 0 heterocycles.